The minimum Gasteiger partial charge on any atom is -0.475 e. The SMILES string of the molecule is C=C(Br)C[C@@H](C)CCCO[Si](c1ccccc1)(c1ccccc1)C(C)(C)C.C=C(C[C@@H](O)CCCO[Si](c1ccccc1)(c1ccccc1)C(C)(C)C)C(C)=O.Cc1ccc2ccc3ccc(C)nc3c2n1.Cc1cccc(C2=N[C@@H](C(C)C)CO2)c1NS(C)(=O)=O.Cl.Cl.[Ni]. The number of aliphatic hydroxyl groups excluding tert-OH is 1. The monoisotopic (exact) mass is 1490 g/mol. The number of anilines is 1. The predicted molar refractivity (Wildman–Crippen MR) is 410 cm³/mol. The van der Waals surface area contributed by atoms with Crippen LogP contribution in [0.5, 0.6) is 0 Å². The van der Waals surface area contributed by atoms with Crippen LogP contribution < -0.4 is 25.5 Å². The summed E-state index contributed by atoms with van der Waals surface area (Å²) in [5.41, 5.74) is 6.61. The Balaban J connectivity index is 0.000000333. The van der Waals surface area contributed by atoms with Gasteiger partial charge in [-0.15, -0.1) is 24.8 Å². The van der Waals surface area contributed by atoms with Crippen LogP contribution in [0.15, 0.2) is 204 Å². The molecule has 1 aliphatic rings. The molecule has 11 nitrogen and oxygen atoms in total. The molecule has 18 heteroatoms. The molecule has 0 amide bonds. The van der Waals surface area contributed by atoms with Crippen molar-refractivity contribution in [2.45, 2.75) is 151 Å². The van der Waals surface area contributed by atoms with Gasteiger partial charge in [0.05, 0.1) is 40.7 Å². The number of aryl methyl sites for hydroxylation is 3. The average molecular weight is 1490 g/mol. The van der Waals surface area contributed by atoms with Crippen LogP contribution in [0.25, 0.3) is 21.8 Å². The smallest absolute Gasteiger partial charge is 0.261 e. The predicted octanol–water partition coefficient (Wildman–Crippen LogP) is 16.9. The molecule has 9 rings (SSSR count). The van der Waals surface area contributed by atoms with Gasteiger partial charge in [0.1, 0.15) is 6.61 Å². The first-order valence-electron chi connectivity index (χ1n) is 32.1. The van der Waals surface area contributed by atoms with Crippen molar-refractivity contribution >= 4 is 127 Å². The van der Waals surface area contributed by atoms with Crippen molar-refractivity contribution in [3.8, 4) is 0 Å². The number of pyridine rings is 2. The Morgan fingerprint density at radius 2 is 1.04 bits per heavy atom. The number of hydrogen-bond acceptors (Lipinski definition) is 10. The number of sulfonamides is 1. The molecule has 2 N–H and O–H groups in total. The van der Waals surface area contributed by atoms with Gasteiger partial charge in [0.2, 0.25) is 15.9 Å². The van der Waals surface area contributed by atoms with E-state index in [-0.39, 0.29) is 63.2 Å². The first kappa shape index (κ1) is 83.6. The zero-order chi connectivity index (χ0) is 67.4. The molecule has 3 atom stereocenters. The second-order valence-electron chi connectivity index (χ2n) is 26.7. The molecule has 0 fully saturated rings. The number of ether oxygens (including phenoxy) is 1. The van der Waals surface area contributed by atoms with E-state index >= 15 is 0 Å². The largest absolute Gasteiger partial charge is 0.475 e. The van der Waals surface area contributed by atoms with E-state index in [1.54, 1.807) is 0 Å². The summed E-state index contributed by atoms with van der Waals surface area (Å²) in [6.07, 6.45) is 5.48. The maximum absolute atomic E-state index is 11.5. The fourth-order valence-corrected chi connectivity index (χ4v) is 22.1. The van der Waals surface area contributed by atoms with E-state index in [1.165, 1.54) is 27.7 Å². The zero-order valence-electron chi connectivity index (χ0n) is 58.0. The number of benzene rings is 6. The fraction of sp³-hybridized carbons (Fsp3) is 0.377. The van der Waals surface area contributed by atoms with Crippen LogP contribution in [0.3, 0.4) is 0 Å². The molecule has 2 aromatic heterocycles. The standard InChI is InChI=1S/C25H34O3Si.C24H33BrOSi.C14H20N2O3S.C14H12N2.2ClH.Ni/c1-20(21(2)26)19-22(27)13-12-18-28-29(25(3,4)5,23-14-8-6-9-15-23)24-16-10-7-11-17-24;1-20(19-21(2)25)13-12-18-26-27(24(3,4)5,22-14-8-6-9-15-22)23-16-10-7-11-17-23;1-9(2)12-8-19-14(15-12)11-7-5-6-10(3)13(11)16-20(4,17)18;1-9-3-5-11-7-8-12-6-4-10(2)16-14(12)13(11)15-9;;;/h6-11,14-17,22,27H,1,12-13,18-19H2,2-5H3;6-11,14-17,20H,2,12-13,18-19H2,1,3-5H3;5-7,9,12,16H,8H2,1-4H3;3-8H,1-2H3;2*1H;/t22-;20-;12-;;;;/m001..../s1. The van der Waals surface area contributed by atoms with Gasteiger partial charge < -0.3 is 18.7 Å². The average Bonchev–Trinajstić information content (AvgIpc) is 1.21. The van der Waals surface area contributed by atoms with Gasteiger partial charge >= 0.3 is 0 Å². The van der Waals surface area contributed by atoms with Crippen molar-refractivity contribution in [1.29, 1.82) is 0 Å². The Morgan fingerprint density at radius 3 is 1.40 bits per heavy atom. The van der Waals surface area contributed by atoms with Crippen molar-refractivity contribution in [2.75, 3.05) is 30.8 Å². The van der Waals surface area contributed by atoms with Crippen molar-refractivity contribution in [3.63, 3.8) is 0 Å². The number of halogens is 3. The van der Waals surface area contributed by atoms with Gasteiger partial charge in [-0.2, -0.15) is 0 Å². The number of para-hydroxylation sites is 1. The molecule has 0 bridgehead atoms. The maximum atomic E-state index is 11.5. The topological polar surface area (TPSA) is 149 Å². The van der Waals surface area contributed by atoms with Crippen molar-refractivity contribution < 1.29 is 48.4 Å². The minimum atomic E-state index is -3.34. The molecule has 0 radical (unpaired) electrons. The number of allylic oxidation sites excluding steroid dienone is 1. The number of hydrogen-bond donors (Lipinski definition) is 2. The molecule has 0 saturated carbocycles. The molecule has 0 saturated heterocycles. The van der Waals surface area contributed by atoms with E-state index in [1.807, 2.05) is 63.2 Å². The number of carbonyl (C=O) groups excluding carboxylic acids is 1. The molecule has 0 unspecified atom stereocenters. The molecule has 95 heavy (non-hydrogen) atoms. The zero-order valence-corrected chi connectivity index (χ0v) is 65.0. The third kappa shape index (κ3) is 23.5. The number of nitrogens with one attached hydrogen (secondary N) is 1. The molecule has 0 aliphatic carbocycles. The summed E-state index contributed by atoms with van der Waals surface area (Å²) in [5, 5.41) is 17.7. The van der Waals surface area contributed by atoms with E-state index < -0.39 is 32.8 Å². The number of aromatic nitrogens is 2. The van der Waals surface area contributed by atoms with Crippen LogP contribution in [0, 0.1) is 32.6 Å². The quantitative estimate of drug-likeness (QED) is 0.0276. The molecule has 516 valence electrons. The number of fused-ring (bicyclic) bond motifs is 3. The molecular formula is C77H101BrCl2N4NiO7SSi2. The van der Waals surface area contributed by atoms with E-state index in [4.69, 9.17) is 13.6 Å². The summed E-state index contributed by atoms with van der Waals surface area (Å²) in [6.45, 7) is 37.2. The third-order valence-corrected chi connectivity index (χ3v) is 27.6. The number of aliphatic imine (C=N–C) groups is 1. The first-order valence-corrected chi connectivity index (χ1v) is 38.6. The van der Waals surface area contributed by atoms with Crippen molar-refractivity contribution in [3.05, 3.63) is 222 Å². The first-order chi connectivity index (χ1) is 43.5. The summed E-state index contributed by atoms with van der Waals surface area (Å²) in [6, 6.07) is 60.9. The number of ketones is 1. The Labute approximate surface area is 601 Å². The van der Waals surface area contributed by atoms with E-state index in [0.29, 0.717) is 60.6 Å². The van der Waals surface area contributed by atoms with Gasteiger partial charge in [-0.3, -0.25) is 19.5 Å². The third-order valence-electron chi connectivity index (χ3n) is 16.6. The number of Topliss-reactive ketones (excluding diaryl/α,β-unsaturated/α-hetero) is 1. The van der Waals surface area contributed by atoms with Gasteiger partial charge in [0.15, 0.2) is 5.78 Å². The maximum Gasteiger partial charge on any atom is 0.261 e. The molecule has 6 aromatic carbocycles. The second-order valence-corrected chi connectivity index (χ2v) is 38.2. The number of carbonyl (C=O) groups is 1. The number of rotatable bonds is 23. The Bertz CT molecular complexity index is 3720. The van der Waals surface area contributed by atoms with Crippen LogP contribution in [-0.2, 0) is 44.9 Å². The summed E-state index contributed by atoms with van der Waals surface area (Å²) in [7, 11) is -8.25. The molecule has 1 aliphatic heterocycles. The fourth-order valence-electron chi connectivity index (χ4n) is 11.7. The summed E-state index contributed by atoms with van der Waals surface area (Å²) < 4.78 is 46.0. The molecule has 8 aromatic rings. The van der Waals surface area contributed by atoms with E-state index in [0.717, 1.165) is 81.8 Å². The summed E-state index contributed by atoms with van der Waals surface area (Å²) in [5.74, 6) is 1.47. The molecule has 3 heterocycles. The Morgan fingerprint density at radius 1 is 0.642 bits per heavy atom. The van der Waals surface area contributed by atoms with Crippen LogP contribution in [0.1, 0.15) is 130 Å². The Hall–Kier alpha value is -5.62. The van der Waals surface area contributed by atoms with Gasteiger partial charge in [-0.1, -0.05) is 249 Å². The minimum absolute atomic E-state index is 0. The van der Waals surface area contributed by atoms with Gasteiger partial charge in [0, 0.05) is 58.3 Å². The summed E-state index contributed by atoms with van der Waals surface area (Å²) in [4.78, 5) is 25.0. The normalized spacial score (nSPS) is 13.7. The molecular weight excluding hydrogens is 1390 g/mol. The van der Waals surface area contributed by atoms with Gasteiger partial charge in [-0.25, -0.2) is 13.4 Å². The Kier molecular flexibility index (Phi) is 33.9. The van der Waals surface area contributed by atoms with Crippen LogP contribution in [-0.4, -0.2) is 90.0 Å². The van der Waals surface area contributed by atoms with Gasteiger partial charge in [-0.05, 0) is 136 Å². The number of nitrogens with zero attached hydrogens (tertiary/aromatic N) is 3. The number of aliphatic hydroxyl groups is 1. The van der Waals surface area contributed by atoms with Crippen molar-refractivity contribution in [2.24, 2.45) is 16.8 Å². The van der Waals surface area contributed by atoms with E-state index in [9.17, 15) is 18.3 Å². The van der Waals surface area contributed by atoms with Crippen LogP contribution in [0.2, 0.25) is 10.1 Å². The van der Waals surface area contributed by atoms with Crippen molar-refractivity contribution in [1.82, 2.24) is 9.97 Å². The van der Waals surface area contributed by atoms with E-state index in [2.05, 4.69) is 245 Å². The second kappa shape index (κ2) is 38.5. The van der Waals surface area contributed by atoms with Gasteiger partial charge in [0.25, 0.3) is 16.6 Å². The summed E-state index contributed by atoms with van der Waals surface area (Å²) >= 11 is 3.48. The molecule has 0 spiro atoms. The van der Waals surface area contributed by atoms with Crippen LogP contribution >= 0.6 is 40.7 Å². The van der Waals surface area contributed by atoms with Crippen LogP contribution in [0.4, 0.5) is 5.69 Å².